The number of nitrogen functional groups attached to an aromatic ring is 1. The van der Waals surface area contributed by atoms with Gasteiger partial charge in [0, 0.05) is 17.7 Å². The highest BCUT2D eigenvalue weighted by atomic mass is 32.1. The molecule has 0 saturated carbocycles. The lowest BCUT2D eigenvalue weighted by Gasteiger charge is -2.04. The molecule has 0 bridgehead atoms. The maximum atomic E-state index is 5.95. The minimum Gasteiger partial charge on any atom is -0.398 e. The Bertz CT molecular complexity index is 728. The van der Waals surface area contributed by atoms with E-state index < -0.39 is 0 Å². The van der Waals surface area contributed by atoms with Crippen LogP contribution in [0.5, 0.6) is 0 Å². The van der Waals surface area contributed by atoms with Gasteiger partial charge in [-0.3, -0.25) is 0 Å². The largest absolute Gasteiger partial charge is 0.398 e. The second kappa shape index (κ2) is 4.62. The second-order valence-electron chi connectivity index (χ2n) is 4.49. The third kappa shape index (κ3) is 1.98. The van der Waals surface area contributed by atoms with Gasteiger partial charge in [0.25, 0.3) is 0 Å². The Morgan fingerprint density at radius 1 is 1.32 bits per heavy atom. The van der Waals surface area contributed by atoms with Crippen LogP contribution < -0.4 is 5.73 Å². The molecule has 0 atom stereocenters. The van der Waals surface area contributed by atoms with E-state index in [1.54, 1.807) is 11.3 Å². The van der Waals surface area contributed by atoms with Crippen LogP contribution in [0.4, 0.5) is 5.69 Å². The number of aryl methyl sites for hydroxylation is 1. The number of nitrogens with two attached hydrogens (primary N) is 1. The molecule has 0 unspecified atom stereocenters. The zero-order valence-corrected chi connectivity index (χ0v) is 11.7. The summed E-state index contributed by atoms with van der Waals surface area (Å²) >= 11 is 1.54. The zero-order valence-electron chi connectivity index (χ0n) is 10.9. The summed E-state index contributed by atoms with van der Waals surface area (Å²) in [5.41, 5.74) is 8.86. The average molecular weight is 273 g/mol. The van der Waals surface area contributed by atoms with Gasteiger partial charge in [0.2, 0.25) is 4.96 Å². The number of aromatic nitrogens is 4. The summed E-state index contributed by atoms with van der Waals surface area (Å²) in [7, 11) is 0. The number of hydrogen-bond donors (Lipinski definition) is 1. The normalized spacial score (nSPS) is 11.3. The van der Waals surface area contributed by atoms with E-state index in [9.17, 15) is 0 Å². The summed E-state index contributed by atoms with van der Waals surface area (Å²) in [6, 6.07) is 5.89. The number of anilines is 1. The Labute approximate surface area is 115 Å². The van der Waals surface area contributed by atoms with Gasteiger partial charge in [-0.25, -0.2) is 0 Å². The van der Waals surface area contributed by atoms with Gasteiger partial charge in [-0.05, 0) is 25.0 Å². The third-order valence-electron chi connectivity index (χ3n) is 3.14. The highest BCUT2D eigenvalue weighted by Crippen LogP contribution is 2.30. The number of hydrogen-bond acceptors (Lipinski definition) is 5. The van der Waals surface area contributed by atoms with E-state index in [1.165, 1.54) is 0 Å². The van der Waals surface area contributed by atoms with Crippen molar-refractivity contribution in [3.8, 4) is 10.6 Å². The van der Waals surface area contributed by atoms with E-state index in [0.29, 0.717) is 0 Å². The van der Waals surface area contributed by atoms with E-state index in [0.717, 1.165) is 45.4 Å². The fraction of sp³-hybridized carbons (Fsp3) is 0.308. The zero-order chi connectivity index (χ0) is 13.4. The molecule has 0 aliphatic heterocycles. The molecule has 0 amide bonds. The molecule has 5 nitrogen and oxygen atoms in total. The van der Waals surface area contributed by atoms with Gasteiger partial charge in [-0.15, -0.1) is 10.2 Å². The molecule has 1 aromatic carbocycles. The van der Waals surface area contributed by atoms with Gasteiger partial charge in [-0.1, -0.05) is 30.4 Å². The highest BCUT2D eigenvalue weighted by Gasteiger charge is 2.14. The first kappa shape index (κ1) is 12.1. The van der Waals surface area contributed by atoms with Crippen LogP contribution in [-0.4, -0.2) is 19.8 Å². The SMILES string of the molecule is CCCc1nnc2sc(-c3cccc(N)c3C)nn12. The minimum atomic E-state index is 0.789. The van der Waals surface area contributed by atoms with Crippen LogP contribution in [0.1, 0.15) is 24.7 Å². The monoisotopic (exact) mass is 273 g/mol. The molecule has 0 fully saturated rings. The fourth-order valence-corrected chi connectivity index (χ4v) is 2.97. The van der Waals surface area contributed by atoms with E-state index in [4.69, 9.17) is 5.73 Å². The van der Waals surface area contributed by atoms with Crippen LogP contribution in [0.3, 0.4) is 0 Å². The minimum absolute atomic E-state index is 0.789. The van der Waals surface area contributed by atoms with Crippen molar-refractivity contribution in [2.24, 2.45) is 0 Å². The Balaban J connectivity index is 2.13. The predicted molar refractivity (Wildman–Crippen MR) is 77.2 cm³/mol. The first-order chi connectivity index (χ1) is 9.20. The standard InChI is InChI=1S/C13H15N5S/c1-3-5-11-15-16-13-18(11)17-12(19-13)9-6-4-7-10(14)8(9)2/h4,6-7H,3,5,14H2,1-2H3. The van der Waals surface area contributed by atoms with Crippen molar-refractivity contribution in [3.05, 3.63) is 29.6 Å². The lowest BCUT2D eigenvalue weighted by atomic mass is 10.1. The lowest BCUT2D eigenvalue weighted by Crippen LogP contribution is -1.96. The fourth-order valence-electron chi connectivity index (χ4n) is 2.03. The second-order valence-corrected chi connectivity index (χ2v) is 5.44. The maximum Gasteiger partial charge on any atom is 0.234 e. The molecule has 98 valence electrons. The average Bonchev–Trinajstić information content (AvgIpc) is 2.95. The summed E-state index contributed by atoms with van der Waals surface area (Å²) < 4.78 is 1.84. The molecule has 0 radical (unpaired) electrons. The van der Waals surface area contributed by atoms with Gasteiger partial charge in [0.15, 0.2) is 5.82 Å². The molecule has 0 aliphatic rings. The van der Waals surface area contributed by atoms with E-state index in [2.05, 4.69) is 22.2 Å². The molecular weight excluding hydrogens is 258 g/mol. The highest BCUT2D eigenvalue weighted by molar-refractivity contribution is 7.19. The summed E-state index contributed by atoms with van der Waals surface area (Å²) in [5.74, 6) is 0.918. The van der Waals surface area contributed by atoms with Gasteiger partial charge in [0.1, 0.15) is 5.01 Å². The molecule has 3 rings (SSSR count). The van der Waals surface area contributed by atoms with Crippen molar-refractivity contribution >= 4 is 22.0 Å². The first-order valence-electron chi connectivity index (χ1n) is 6.27. The summed E-state index contributed by atoms with van der Waals surface area (Å²) in [5, 5.41) is 13.9. The van der Waals surface area contributed by atoms with Gasteiger partial charge >= 0.3 is 0 Å². The molecule has 2 heterocycles. The summed E-state index contributed by atoms with van der Waals surface area (Å²) in [6.07, 6.45) is 1.92. The van der Waals surface area contributed by atoms with Gasteiger partial charge in [0.05, 0.1) is 0 Å². The summed E-state index contributed by atoms with van der Waals surface area (Å²) in [6.45, 7) is 4.14. The Morgan fingerprint density at radius 2 is 2.16 bits per heavy atom. The molecular formula is C13H15N5S. The Morgan fingerprint density at radius 3 is 2.95 bits per heavy atom. The molecule has 19 heavy (non-hydrogen) atoms. The van der Waals surface area contributed by atoms with Crippen LogP contribution in [0, 0.1) is 6.92 Å². The first-order valence-corrected chi connectivity index (χ1v) is 7.09. The number of rotatable bonds is 3. The van der Waals surface area contributed by atoms with Crippen LogP contribution >= 0.6 is 11.3 Å². The lowest BCUT2D eigenvalue weighted by molar-refractivity contribution is 0.778. The van der Waals surface area contributed by atoms with Crippen LogP contribution in [0.15, 0.2) is 18.2 Å². The van der Waals surface area contributed by atoms with Crippen LogP contribution in [0.2, 0.25) is 0 Å². The molecule has 6 heteroatoms. The molecule has 3 aromatic rings. The van der Waals surface area contributed by atoms with Crippen molar-refractivity contribution in [2.45, 2.75) is 26.7 Å². The smallest absolute Gasteiger partial charge is 0.234 e. The van der Waals surface area contributed by atoms with E-state index in [1.807, 2.05) is 29.6 Å². The van der Waals surface area contributed by atoms with Crippen molar-refractivity contribution in [2.75, 3.05) is 5.73 Å². The van der Waals surface area contributed by atoms with Crippen molar-refractivity contribution in [1.29, 1.82) is 0 Å². The number of nitrogens with zero attached hydrogens (tertiary/aromatic N) is 4. The Hall–Kier alpha value is -1.95. The van der Waals surface area contributed by atoms with Crippen LogP contribution in [0.25, 0.3) is 15.5 Å². The molecule has 0 aliphatic carbocycles. The molecule has 2 aromatic heterocycles. The van der Waals surface area contributed by atoms with Crippen molar-refractivity contribution in [1.82, 2.24) is 19.8 Å². The van der Waals surface area contributed by atoms with Crippen molar-refractivity contribution in [3.63, 3.8) is 0 Å². The molecule has 2 N–H and O–H groups in total. The topological polar surface area (TPSA) is 69.1 Å². The summed E-state index contributed by atoms with van der Waals surface area (Å²) in [4.78, 5) is 0.834. The predicted octanol–water partition coefficient (Wildman–Crippen LogP) is 2.70. The van der Waals surface area contributed by atoms with Gasteiger partial charge < -0.3 is 5.73 Å². The number of benzene rings is 1. The van der Waals surface area contributed by atoms with E-state index in [-0.39, 0.29) is 0 Å². The maximum absolute atomic E-state index is 5.95. The number of fused-ring (bicyclic) bond motifs is 1. The van der Waals surface area contributed by atoms with E-state index >= 15 is 0 Å². The van der Waals surface area contributed by atoms with Crippen molar-refractivity contribution < 1.29 is 0 Å². The van der Waals surface area contributed by atoms with Crippen LogP contribution in [-0.2, 0) is 6.42 Å². The molecule has 0 spiro atoms. The molecule has 0 saturated heterocycles. The Kier molecular flexibility index (Phi) is 2.94. The van der Waals surface area contributed by atoms with Gasteiger partial charge in [-0.2, -0.15) is 9.61 Å². The quantitative estimate of drug-likeness (QED) is 0.745. The third-order valence-corrected chi connectivity index (χ3v) is 4.07.